The van der Waals surface area contributed by atoms with Crippen molar-refractivity contribution in [1.29, 1.82) is 0 Å². The number of sulfonamides is 1. The number of carbonyl (C=O) groups excluding carboxylic acids is 2. The predicted octanol–water partition coefficient (Wildman–Crippen LogP) is 1.35. The molecular formula is C22H22N2O8S. The number of hydrogen-bond donors (Lipinski definition) is 2. The molecule has 1 amide bonds. The molecule has 0 spiro atoms. The van der Waals surface area contributed by atoms with Crippen molar-refractivity contribution in [3.8, 4) is 5.75 Å². The fourth-order valence-electron chi connectivity index (χ4n) is 2.92. The number of benzene rings is 2. The number of hydrogen-bond acceptors (Lipinski definition) is 8. The molecule has 0 aliphatic heterocycles. The molecule has 0 aliphatic rings. The number of nitrogens with one attached hydrogen (secondary N) is 1. The Hall–Kier alpha value is -3.70. The highest BCUT2D eigenvalue weighted by molar-refractivity contribution is 7.89. The summed E-state index contributed by atoms with van der Waals surface area (Å²) < 4.78 is 38.0. The number of nitrogens with two attached hydrogens (primary N) is 1. The zero-order valence-electron chi connectivity index (χ0n) is 17.7. The second-order valence-corrected chi connectivity index (χ2v) is 8.51. The van der Waals surface area contributed by atoms with E-state index in [0.29, 0.717) is 24.1 Å². The molecule has 0 saturated heterocycles. The van der Waals surface area contributed by atoms with Crippen LogP contribution in [-0.2, 0) is 26.0 Å². The van der Waals surface area contributed by atoms with Crippen molar-refractivity contribution in [2.45, 2.75) is 18.2 Å². The molecule has 1 aromatic heterocycles. The highest BCUT2D eigenvalue weighted by atomic mass is 32.2. The minimum absolute atomic E-state index is 0.0204. The fraction of sp³-hybridized carbons (Fsp3) is 0.227. The standard InChI is InChI=1S/C22H22N2O8S/c1-2-30-21(26)18-11-15-5-6-16(12-19(15)32-22(18)27)31-13-20(25)24-10-9-14-3-7-17(8-4-14)33(23,28)29/h3-8,11-12H,2,9-10,13H2,1H3,(H,24,25)(H2,23,28,29). The first-order valence-corrected chi connectivity index (χ1v) is 11.5. The summed E-state index contributed by atoms with van der Waals surface area (Å²) in [6.07, 6.45) is 0.487. The molecule has 0 unspecified atom stereocenters. The van der Waals surface area contributed by atoms with E-state index in [1.54, 1.807) is 31.2 Å². The number of fused-ring (bicyclic) bond motifs is 1. The highest BCUT2D eigenvalue weighted by Gasteiger charge is 2.15. The molecule has 0 fully saturated rings. The molecule has 0 bridgehead atoms. The van der Waals surface area contributed by atoms with Crippen LogP contribution in [0.1, 0.15) is 22.8 Å². The van der Waals surface area contributed by atoms with Crippen LogP contribution in [0.2, 0.25) is 0 Å². The Bertz CT molecular complexity index is 1330. The third-order valence-electron chi connectivity index (χ3n) is 4.56. The molecule has 1 heterocycles. The van der Waals surface area contributed by atoms with Gasteiger partial charge in [-0.25, -0.2) is 23.1 Å². The summed E-state index contributed by atoms with van der Waals surface area (Å²) in [5.74, 6) is -0.816. The summed E-state index contributed by atoms with van der Waals surface area (Å²) >= 11 is 0. The van der Waals surface area contributed by atoms with Gasteiger partial charge in [-0.05, 0) is 49.2 Å². The molecule has 2 aromatic carbocycles. The highest BCUT2D eigenvalue weighted by Crippen LogP contribution is 2.21. The van der Waals surface area contributed by atoms with E-state index in [0.717, 1.165) is 5.56 Å². The molecule has 3 rings (SSSR count). The van der Waals surface area contributed by atoms with Crippen molar-refractivity contribution in [2.75, 3.05) is 19.8 Å². The van der Waals surface area contributed by atoms with Crippen LogP contribution in [0.5, 0.6) is 5.75 Å². The molecule has 174 valence electrons. The number of esters is 1. The quantitative estimate of drug-likeness (QED) is 0.348. The van der Waals surface area contributed by atoms with Gasteiger partial charge in [0.25, 0.3) is 5.91 Å². The number of amides is 1. The largest absolute Gasteiger partial charge is 0.484 e. The van der Waals surface area contributed by atoms with E-state index < -0.39 is 21.6 Å². The maximum absolute atomic E-state index is 12.0. The first-order valence-electron chi connectivity index (χ1n) is 9.93. The Morgan fingerprint density at radius 2 is 1.82 bits per heavy atom. The van der Waals surface area contributed by atoms with Crippen LogP contribution in [0.3, 0.4) is 0 Å². The smallest absolute Gasteiger partial charge is 0.351 e. The first-order chi connectivity index (χ1) is 15.7. The van der Waals surface area contributed by atoms with Gasteiger partial charge in [0.15, 0.2) is 6.61 Å². The van der Waals surface area contributed by atoms with Crippen LogP contribution < -0.4 is 20.8 Å². The molecule has 0 saturated carbocycles. The van der Waals surface area contributed by atoms with E-state index in [4.69, 9.17) is 19.0 Å². The molecule has 10 nitrogen and oxygen atoms in total. The van der Waals surface area contributed by atoms with Crippen LogP contribution in [-0.4, -0.2) is 40.1 Å². The average molecular weight is 474 g/mol. The maximum Gasteiger partial charge on any atom is 0.351 e. The van der Waals surface area contributed by atoms with E-state index in [2.05, 4.69) is 5.32 Å². The van der Waals surface area contributed by atoms with Crippen molar-refractivity contribution < 1.29 is 31.9 Å². The number of carbonyl (C=O) groups is 2. The molecule has 3 N–H and O–H groups in total. The van der Waals surface area contributed by atoms with Gasteiger partial charge in [0.2, 0.25) is 10.0 Å². The lowest BCUT2D eigenvalue weighted by Gasteiger charge is -2.09. The van der Waals surface area contributed by atoms with Crippen LogP contribution in [0.4, 0.5) is 0 Å². The molecule has 11 heteroatoms. The van der Waals surface area contributed by atoms with Crippen molar-refractivity contribution >= 4 is 32.9 Å². The fourth-order valence-corrected chi connectivity index (χ4v) is 3.44. The van der Waals surface area contributed by atoms with Gasteiger partial charge >= 0.3 is 11.6 Å². The second-order valence-electron chi connectivity index (χ2n) is 6.95. The van der Waals surface area contributed by atoms with Gasteiger partial charge in [0, 0.05) is 18.0 Å². The zero-order valence-corrected chi connectivity index (χ0v) is 18.5. The lowest BCUT2D eigenvalue weighted by molar-refractivity contribution is -0.123. The van der Waals surface area contributed by atoms with E-state index in [1.165, 1.54) is 24.3 Å². The van der Waals surface area contributed by atoms with Gasteiger partial charge in [-0.3, -0.25) is 4.79 Å². The molecule has 0 atom stereocenters. The van der Waals surface area contributed by atoms with Gasteiger partial charge in [0.1, 0.15) is 16.9 Å². The van der Waals surface area contributed by atoms with Gasteiger partial charge < -0.3 is 19.2 Å². The summed E-state index contributed by atoms with van der Waals surface area (Å²) in [6.45, 7) is 1.82. The first kappa shape index (κ1) is 24.0. The zero-order chi connectivity index (χ0) is 24.0. The lowest BCUT2D eigenvalue weighted by Crippen LogP contribution is -2.30. The SMILES string of the molecule is CCOC(=O)c1cc2ccc(OCC(=O)NCCc3ccc(S(N)(=O)=O)cc3)cc2oc1=O. The molecule has 33 heavy (non-hydrogen) atoms. The van der Waals surface area contributed by atoms with Gasteiger partial charge in [-0.2, -0.15) is 0 Å². The van der Waals surface area contributed by atoms with Gasteiger partial charge in [0.05, 0.1) is 11.5 Å². The van der Waals surface area contributed by atoms with Crippen LogP contribution in [0.15, 0.2) is 62.6 Å². The van der Waals surface area contributed by atoms with Crippen molar-refractivity contribution in [3.63, 3.8) is 0 Å². The average Bonchev–Trinajstić information content (AvgIpc) is 2.77. The third kappa shape index (κ3) is 6.40. The van der Waals surface area contributed by atoms with Crippen LogP contribution >= 0.6 is 0 Å². The molecule has 3 aromatic rings. The van der Waals surface area contributed by atoms with Crippen molar-refractivity contribution in [1.82, 2.24) is 5.32 Å². The molecule has 0 aliphatic carbocycles. The summed E-state index contributed by atoms with van der Waals surface area (Å²) in [6, 6.07) is 12.1. The molecular weight excluding hydrogens is 452 g/mol. The Kier molecular flexibility index (Phi) is 7.46. The Labute approximate surface area is 189 Å². The summed E-state index contributed by atoms with van der Waals surface area (Å²) in [7, 11) is -3.74. The summed E-state index contributed by atoms with van der Waals surface area (Å²) in [5, 5.41) is 8.25. The van der Waals surface area contributed by atoms with E-state index >= 15 is 0 Å². The van der Waals surface area contributed by atoms with E-state index in [9.17, 15) is 22.8 Å². The lowest BCUT2D eigenvalue weighted by atomic mass is 10.1. The monoisotopic (exact) mass is 474 g/mol. The topological polar surface area (TPSA) is 155 Å². The second kappa shape index (κ2) is 10.3. The molecule has 0 radical (unpaired) electrons. The summed E-state index contributed by atoms with van der Waals surface area (Å²) in [4.78, 5) is 35.9. The van der Waals surface area contributed by atoms with Crippen LogP contribution in [0.25, 0.3) is 11.0 Å². The van der Waals surface area contributed by atoms with E-state index in [-0.39, 0.29) is 35.2 Å². The maximum atomic E-state index is 12.0. The Morgan fingerprint density at radius 1 is 1.09 bits per heavy atom. The van der Waals surface area contributed by atoms with E-state index in [1.807, 2.05) is 0 Å². The minimum Gasteiger partial charge on any atom is -0.484 e. The minimum atomic E-state index is -3.74. The Balaban J connectivity index is 1.53. The Morgan fingerprint density at radius 3 is 2.48 bits per heavy atom. The predicted molar refractivity (Wildman–Crippen MR) is 118 cm³/mol. The van der Waals surface area contributed by atoms with Crippen molar-refractivity contribution in [2.24, 2.45) is 5.14 Å². The third-order valence-corrected chi connectivity index (χ3v) is 5.49. The summed E-state index contributed by atoms with van der Waals surface area (Å²) in [5.41, 5.74) is 0.00823. The van der Waals surface area contributed by atoms with Crippen LogP contribution in [0, 0.1) is 0 Å². The number of ether oxygens (including phenoxy) is 2. The normalized spacial score (nSPS) is 11.2. The number of primary sulfonamides is 1. The van der Waals surface area contributed by atoms with Gasteiger partial charge in [-0.15, -0.1) is 0 Å². The van der Waals surface area contributed by atoms with Gasteiger partial charge in [-0.1, -0.05) is 12.1 Å². The van der Waals surface area contributed by atoms with Crippen molar-refractivity contribution in [3.05, 3.63) is 70.1 Å². The number of rotatable bonds is 9.